The van der Waals surface area contributed by atoms with Crippen LogP contribution < -0.4 is 19.8 Å². The Bertz CT molecular complexity index is 1470. The summed E-state index contributed by atoms with van der Waals surface area (Å²) >= 11 is 0. The van der Waals surface area contributed by atoms with Gasteiger partial charge in [0.15, 0.2) is 6.61 Å². The molecule has 2 N–H and O–H groups in total. The number of ether oxygens (including phenoxy) is 1. The molecule has 0 spiro atoms. The quantitative estimate of drug-likeness (QED) is 0.258. The average molecular weight is 577 g/mol. The first-order valence-corrected chi connectivity index (χ1v) is 15.2. The highest BCUT2D eigenvalue weighted by Crippen LogP contribution is 2.28. The zero-order chi connectivity index (χ0) is 29.2. The third-order valence-corrected chi connectivity index (χ3v) is 8.86. The Kier molecular flexibility index (Phi) is 10.1. The van der Waals surface area contributed by atoms with Crippen molar-refractivity contribution in [2.45, 2.75) is 56.9 Å². The second-order valence-electron chi connectivity index (χ2n) is 10.1. The van der Waals surface area contributed by atoms with Crippen LogP contribution in [0.1, 0.15) is 48.8 Å². The van der Waals surface area contributed by atoms with E-state index in [9.17, 15) is 18.0 Å². The van der Waals surface area contributed by atoms with Crippen molar-refractivity contribution in [1.29, 1.82) is 0 Å². The minimum atomic E-state index is -4.01. The Morgan fingerprint density at radius 1 is 0.927 bits per heavy atom. The summed E-state index contributed by atoms with van der Waals surface area (Å²) in [6.45, 7) is 3.21. The van der Waals surface area contributed by atoms with Gasteiger partial charge in [-0.15, -0.1) is 0 Å². The first kappa shape index (κ1) is 29.8. The van der Waals surface area contributed by atoms with Crippen LogP contribution in [0.25, 0.3) is 0 Å². The third-order valence-electron chi connectivity index (χ3n) is 7.09. The molecule has 2 amide bonds. The second kappa shape index (κ2) is 13.9. The topological polar surface area (TPSA) is 117 Å². The lowest BCUT2D eigenvalue weighted by atomic mass is 9.95. The maximum absolute atomic E-state index is 13.5. The lowest BCUT2D eigenvalue weighted by Gasteiger charge is -2.26. The fourth-order valence-corrected chi connectivity index (χ4v) is 6.18. The molecule has 4 rings (SSSR count). The van der Waals surface area contributed by atoms with Crippen LogP contribution in [0, 0.1) is 13.8 Å². The van der Waals surface area contributed by atoms with Gasteiger partial charge in [0.25, 0.3) is 21.8 Å². The largest absolute Gasteiger partial charge is 0.484 e. The summed E-state index contributed by atoms with van der Waals surface area (Å²) in [6, 6.07) is 20.5. The molecule has 1 saturated carbocycles. The van der Waals surface area contributed by atoms with Crippen molar-refractivity contribution < 1.29 is 22.7 Å². The molecule has 10 heteroatoms. The Balaban J connectivity index is 1.35. The van der Waals surface area contributed by atoms with E-state index in [0.717, 1.165) is 41.1 Å². The number of nitrogens with zero attached hydrogens (tertiary/aromatic N) is 2. The van der Waals surface area contributed by atoms with E-state index in [0.29, 0.717) is 17.0 Å². The summed E-state index contributed by atoms with van der Waals surface area (Å²) in [5.41, 5.74) is 5.21. The number of rotatable bonds is 11. The number of aryl methyl sites for hydroxylation is 1. The van der Waals surface area contributed by atoms with Crippen LogP contribution in [0.4, 0.5) is 5.69 Å². The minimum absolute atomic E-state index is 0.0528. The molecule has 0 bridgehead atoms. The summed E-state index contributed by atoms with van der Waals surface area (Å²) in [6.07, 6.45) is 7.00. The van der Waals surface area contributed by atoms with Crippen molar-refractivity contribution in [3.05, 3.63) is 89.5 Å². The third kappa shape index (κ3) is 8.17. The van der Waals surface area contributed by atoms with Gasteiger partial charge in [0.05, 0.1) is 16.8 Å². The van der Waals surface area contributed by atoms with Gasteiger partial charge in [-0.3, -0.25) is 13.9 Å². The van der Waals surface area contributed by atoms with Gasteiger partial charge >= 0.3 is 0 Å². The van der Waals surface area contributed by atoms with E-state index in [1.165, 1.54) is 24.8 Å². The highest BCUT2D eigenvalue weighted by molar-refractivity contribution is 7.92. The van der Waals surface area contributed by atoms with Crippen molar-refractivity contribution >= 4 is 33.7 Å². The lowest BCUT2D eigenvalue weighted by Crippen LogP contribution is -2.40. The molecule has 41 heavy (non-hydrogen) atoms. The molecule has 216 valence electrons. The number of hydrogen-bond acceptors (Lipinski definition) is 6. The minimum Gasteiger partial charge on any atom is -0.484 e. The molecule has 1 aliphatic carbocycles. The molecule has 0 atom stereocenters. The van der Waals surface area contributed by atoms with Gasteiger partial charge < -0.3 is 10.1 Å². The van der Waals surface area contributed by atoms with Crippen LogP contribution >= 0.6 is 0 Å². The molecular weight excluding hydrogens is 540 g/mol. The highest BCUT2D eigenvalue weighted by atomic mass is 32.2. The molecule has 0 heterocycles. The van der Waals surface area contributed by atoms with E-state index < -0.39 is 22.5 Å². The fourth-order valence-electron chi connectivity index (χ4n) is 4.68. The summed E-state index contributed by atoms with van der Waals surface area (Å²) in [4.78, 5) is 25.1. The van der Waals surface area contributed by atoms with Crippen LogP contribution in [-0.2, 0) is 19.6 Å². The van der Waals surface area contributed by atoms with Crippen molar-refractivity contribution in [1.82, 2.24) is 10.7 Å². The second-order valence-corrected chi connectivity index (χ2v) is 12.0. The van der Waals surface area contributed by atoms with Gasteiger partial charge in [-0.2, -0.15) is 5.10 Å². The number of carbonyl (C=O) groups is 2. The van der Waals surface area contributed by atoms with E-state index in [4.69, 9.17) is 4.74 Å². The molecular formula is C31H36N4O5S. The number of hydrazone groups is 1. The Morgan fingerprint density at radius 2 is 1.63 bits per heavy atom. The van der Waals surface area contributed by atoms with E-state index in [1.54, 1.807) is 54.6 Å². The predicted octanol–water partition coefficient (Wildman–Crippen LogP) is 4.48. The monoisotopic (exact) mass is 576 g/mol. The SMILES string of the molecule is Cc1cccc(N(CC(=O)N/N=C\c2ccc(OCC(=O)NC3CCCCC3)cc2)S(=O)(=O)c2ccccc2)c1C. The van der Waals surface area contributed by atoms with Gasteiger partial charge in [-0.1, -0.05) is 49.6 Å². The number of nitrogens with one attached hydrogen (secondary N) is 2. The van der Waals surface area contributed by atoms with E-state index >= 15 is 0 Å². The van der Waals surface area contributed by atoms with Gasteiger partial charge in [-0.05, 0) is 85.8 Å². The Hall–Kier alpha value is -4.18. The van der Waals surface area contributed by atoms with Gasteiger partial charge in [0.2, 0.25) is 0 Å². The lowest BCUT2D eigenvalue weighted by molar-refractivity contribution is -0.124. The smallest absolute Gasteiger partial charge is 0.264 e. The standard InChI is InChI=1S/C31H36N4O5S/c1-23-10-9-15-29(24(23)2)35(41(38,39)28-13-7-4-8-14-28)21-30(36)34-32-20-25-16-18-27(19-17-25)40-22-31(37)33-26-11-5-3-6-12-26/h4,7-10,13-20,26H,3,5-6,11-12,21-22H2,1-2H3,(H,33,37)(H,34,36)/b32-20-. The zero-order valence-corrected chi connectivity index (χ0v) is 24.2. The van der Waals surface area contributed by atoms with Crippen molar-refractivity contribution in [3.63, 3.8) is 0 Å². The van der Waals surface area contributed by atoms with Crippen LogP contribution in [-0.4, -0.2) is 45.6 Å². The van der Waals surface area contributed by atoms with Gasteiger partial charge in [0.1, 0.15) is 12.3 Å². The van der Waals surface area contributed by atoms with E-state index in [1.807, 2.05) is 19.9 Å². The molecule has 0 aromatic heterocycles. The number of benzene rings is 3. The number of carbonyl (C=O) groups excluding carboxylic acids is 2. The summed E-state index contributed by atoms with van der Waals surface area (Å²) in [5, 5.41) is 7.02. The maximum atomic E-state index is 13.5. The number of hydrogen-bond donors (Lipinski definition) is 2. The van der Waals surface area contributed by atoms with E-state index in [2.05, 4.69) is 15.8 Å². The molecule has 1 fully saturated rings. The zero-order valence-electron chi connectivity index (χ0n) is 23.4. The highest BCUT2D eigenvalue weighted by Gasteiger charge is 2.28. The molecule has 1 aliphatic rings. The normalized spacial score (nSPS) is 14.0. The fraction of sp³-hybridized carbons (Fsp3) is 0.323. The van der Waals surface area contributed by atoms with Crippen LogP contribution in [0.5, 0.6) is 5.75 Å². The Labute approximate surface area is 241 Å². The summed E-state index contributed by atoms with van der Waals surface area (Å²) in [5.74, 6) is -0.180. The van der Waals surface area contributed by atoms with Gasteiger partial charge in [-0.25, -0.2) is 13.8 Å². The summed E-state index contributed by atoms with van der Waals surface area (Å²) in [7, 11) is -4.01. The molecule has 0 aliphatic heterocycles. The maximum Gasteiger partial charge on any atom is 0.264 e. The van der Waals surface area contributed by atoms with Crippen molar-refractivity contribution in [3.8, 4) is 5.75 Å². The molecule has 0 radical (unpaired) electrons. The molecule has 3 aromatic rings. The number of sulfonamides is 1. The molecule has 3 aromatic carbocycles. The first-order chi connectivity index (χ1) is 19.7. The number of amides is 2. The van der Waals surface area contributed by atoms with Crippen molar-refractivity contribution in [2.24, 2.45) is 5.10 Å². The average Bonchev–Trinajstić information content (AvgIpc) is 2.98. The molecule has 9 nitrogen and oxygen atoms in total. The van der Waals surface area contributed by atoms with Crippen LogP contribution in [0.2, 0.25) is 0 Å². The van der Waals surface area contributed by atoms with Crippen LogP contribution in [0.15, 0.2) is 82.8 Å². The van der Waals surface area contributed by atoms with Crippen LogP contribution in [0.3, 0.4) is 0 Å². The predicted molar refractivity (Wildman–Crippen MR) is 160 cm³/mol. The number of anilines is 1. The van der Waals surface area contributed by atoms with Gasteiger partial charge in [0, 0.05) is 6.04 Å². The van der Waals surface area contributed by atoms with E-state index in [-0.39, 0.29) is 23.5 Å². The van der Waals surface area contributed by atoms with Crippen molar-refractivity contribution in [2.75, 3.05) is 17.5 Å². The first-order valence-electron chi connectivity index (χ1n) is 13.7. The molecule has 0 saturated heterocycles. The Morgan fingerprint density at radius 3 is 2.34 bits per heavy atom. The molecule has 0 unspecified atom stereocenters. The summed E-state index contributed by atoms with van der Waals surface area (Å²) < 4.78 is 33.7.